The topological polar surface area (TPSA) is 106 Å². The minimum Gasteiger partial charge on any atom is -0.293 e. The summed E-state index contributed by atoms with van der Waals surface area (Å²) in [4.78, 5) is 7.69. The first-order chi connectivity index (χ1) is 12.2. The van der Waals surface area contributed by atoms with E-state index in [0.29, 0.717) is 23.0 Å². The normalized spacial score (nSPS) is 11.4. The summed E-state index contributed by atoms with van der Waals surface area (Å²) in [6.45, 7) is 11.0. The molecule has 4 aromatic rings. The molecule has 10 heteroatoms. The number of azo groups is 1. The third kappa shape index (κ3) is 2.34. The van der Waals surface area contributed by atoms with Crippen LogP contribution in [0.4, 0.5) is 17.2 Å². The molecule has 0 aliphatic heterocycles. The van der Waals surface area contributed by atoms with Crippen molar-refractivity contribution in [1.29, 1.82) is 0 Å². The summed E-state index contributed by atoms with van der Waals surface area (Å²) in [6, 6.07) is 5.42. The number of fused-ring (bicyclic) bond motifs is 1. The van der Waals surface area contributed by atoms with Crippen LogP contribution in [0.3, 0.4) is 0 Å². The van der Waals surface area contributed by atoms with Crippen molar-refractivity contribution in [1.82, 2.24) is 34.6 Å². The van der Waals surface area contributed by atoms with E-state index >= 15 is 0 Å². The van der Waals surface area contributed by atoms with E-state index in [-0.39, 0.29) is 5.69 Å². The molecular formula is C15H12N10. The van der Waals surface area contributed by atoms with E-state index in [2.05, 4.69) is 40.5 Å². The Balaban J connectivity index is 1.83. The maximum absolute atomic E-state index is 7.31. The molecule has 0 aliphatic carbocycles. The van der Waals surface area contributed by atoms with Gasteiger partial charge in [0, 0.05) is 6.20 Å². The summed E-state index contributed by atoms with van der Waals surface area (Å²) in [5.41, 5.74) is 2.22. The Kier molecular flexibility index (Phi) is 3.32. The molecule has 0 saturated heterocycles. The summed E-state index contributed by atoms with van der Waals surface area (Å²) in [7, 11) is 0. The molecule has 0 fully saturated rings. The molecule has 4 heterocycles. The Morgan fingerprint density at radius 3 is 2.84 bits per heavy atom. The van der Waals surface area contributed by atoms with Crippen LogP contribution in [-0.2, 0) is 0 Å². The smallest absolute Gasteiger partial charge is 0.252 e. The zero-order valence-corrected chi connectivity index (χ0v) is 13.4. The predicted octanol–water partition coefficient (Wildman–Crippen LogP) is 3.22. The van der Waals surface area contributed by atoms with E-state index in [9.17, 15) is 0 Å². The lowest BCUT2D eigenvalue weighted by Crippen LogP contribution is -1.97. The Morgan fingerprint density at radius 2 is 2.08 bits per heavy atom. The molecule has 122 valence electrons. The van der Waals surface area contributed by atoms with Crippen LogP contribution in [0.1, 0.15) is 11.5 Å². The van der Waals surface area contributed by atoms with Gasteiger partial charge in [0.05, 0.1) is 18.5 Å². The molecule has 4 aromatic heterocycles. The second kappa shape index (κ2) is 5.64. The molecule has 0 radical (unpaired) electrons. The first kappa shape index (κ1) is 14.7. The van der Waals surface area contributed by atoms with Gasteiger partial charge in [0.2, 0.25) is 5.65 Å². The fourth-order valence-corrected chi connectivity index (χ4v) is 2.41. The SMILES string of the molecule is [C-]#[N+]c1cnn(-c2ccccn2)c1N=Nc1c(C)[nH]n2c(C)nnc12. The molecular weight excluding hydrogens is 320 g/mol. The average molecular weight is 332 g/mol. The molecule has 0 bridgehead atoms. The highest BCUT2D eigenvalue weighted by Gasteiger charge is 2.15. The van der Waals surface area contributed by atoms with Crippen molar-refractivity contribution in [3.63, 3.8) is 0 Å². The van der Waals surface area contributed by atoms with E-state index < -0.39 is 0 Å². The molecule has 0 amide bonds. The number of rotatable bonds is 3. The minimum atomic E-state index is 0.288. The number of aromatic amines is 1. The summed E-state index contributed by atoms with van der Waals surface area (Å²) < 4.78 is 3.21. The van der Waals surface area contributed by atoms with Crippen LogP contribution >= 0.6 is 0 Å². The van der Waals surface area contributed by atoms with E-state index in [1.54, 1.807) is 22.8 Å². The second-order valence-corrected chi connectivity index (χ2v) is 5.26. The van der Waals surface area contributed by atoms with Crippen molar-refractivity contribution in [3.05, 3.63) is 53.5 Å². The number of H-pyrrole nitrogens is 1. The zero-order chi connectivity index (χ0) is 17.4. The summed E-state index contributed by atoms with van der Waals surface area (Å²) in [6.07, 6.45) is 3.09. The standard InChI is InChI=1S/C15H12N10/c1-9-13(15-22-19-10(2)24(15)23-9)20-21-14-11(16-3)8-18-25(14)12-6-4-5-7-17-12/h4-8,23H,1-2H3. The van der Waals surface area contributed by atoms with Crippen LogP contribution in [0.2, 0.25) is 0 Å². The minimum absolute atomic E-state index is 0.288. The van der Waals surface area contributed by atoms with Gasteiger partial charge < -0.3 is 0 Å². The highest BCUT2D eigenvalue weighted by molar-refractivity contribution is 5.67. The first-order valence-corrected chi connectivity index (χ1v) is 7.38. The number of nitrogens with one attached hydrogen (secondary N) is 1. The first-order valence-electron chi connectivity index (χ1n) is 7.38. The fraction of sp³-hybridized carbons (Fsp3) is 0.133. The lowest BCUT2D eigenvalue weighted by molar-refractivity contribution is 0.839. The van der Waals surface area contributed by atoms with Crippen molar-refractivity contribution in [3.8, 4) is 5.82 Å². The van der Waals surface area contributed by atoms with Crippen LogP contribution in [-0.4, -0.2) is 34.6 Å². The van der Waals surface area contributed by atoms with Gasteiger partial charge in [-0.15, -0.1) is 20.4 Å². The maximum Gasteiger partial charge on any atom is 0.252 e. The molecule has 25 heavy (non-hydrogen) atoms. The van der Waals surface area contributed by atoms with Gasteiger partial charge in [-0.2, -0.15) is 5.10 Å². The van der Waals surface area contributed by atoms with E-state index in [0.717, 1.165) is 11.5 Å². The lowest BCUT2D eigenvalue weighted by Gasteiger charge is -2.02. The number of nitrogens with zero attached hydrogens (tertiary/aromatic N) is 9. The van der Waals surface area contributed by atoms with Crippen molar-refractivity contribution in [2.24, 2.45) is 10.2 Å². The number of aromatic nitrogens is 7. The van der Waals surface area contributed by atoms with Crippen molar-refractivity contribution < 1.29 is 0 Å². The molecule has 0 atom stereocenters. The number of pyridine rings is 1. The summed E-state index contributed by atoms with van der Waals surface area (Å²) in [5.74, 6) is 1.59. The number of hydrogen-bond donors (Lipinski definition) is 1. The van der Waals surface area contributed by atoms with Gasteiger partial charge in [-0.25, -0.2) is 19.0 Å². The van der Waals surface area contributed by atoms with Gasteiger partial charge in [-0.05, 0) is 26.0 Å². The molecule has 0 saturated carbocycles. The number of hydrogen-bond acceptors (Lipinski definition) is 6. The molecule has 0 aliphatic rings. The highest BCUT2D eigenvalue weighted by atomic mass is 15.4. The quantitative estimate of drug-likeness (QED) is 0.459. The second-order valence-electron chi connectivity index (χ2n) is 5.26. The Morgan fingerprint density at radius 1 is 1.20 bits per heavy atom. The van der Waals surface area contributed by atoms with Crippen LogP contribution in [0.15, 0.2) is 40.8 Å². The Hall–Kier alpha value is -3.87. The summed E-state index contributed by atoms with van der Waals surface area (Å²) in [5, 5.41) is 23.9. The van der Waals surface area contributed by atoms with E-state index in [4.69, 9.17) is 6.57 Å². The molecule has 0 spiro atoms. The van der Waals surface area contributed by atoms with E-state index in [1.165, 1.54) is 10.9 Å². The Bertz CT molecular complexity index is 1120. The molecule has 10 nitrogen and oxygen atoms in total. The van der Waals surface area contributed by atoms with Gasteiger partial charge in [-0.3, -0.25) is 5.10 Å². The predicted molar refractivity (Wildman–Crippen MR) is 88.6 cm³/mol. The van der Waals surface area contributed by atoms with Crippen molar-refractivity contribution >= 4 is 22.8 Å². The van der Waals surface area contributed by atoms with E-state index in [1.807, 2.05) is 19.9 Å². The zero-order valence-electron chi connectivity index (χ0n) is 13.4. The third-order valence-electron chi connectivity index (χ3n) is 3.63. The molecule has 1 N–H and O–H groups in total. The molecule has 0 aromatic carbocycles. The maximum atomic E-state index is 7.31. The number of aryl methyl sites for hydroxylation is 2. The summed E-state index contributed by atoms with van der Waals surface area (Å²) >= 11 is 0. The molecule has 4 rings (SSSR count). The van der Waals surface area contributed by atoms with Gasteiger partial charge >= 0.3 is 0 Å². The van der Waals surface area contributed by atoms with Gasteiger partial charge in [0.25, 0.3) is 5.69 Å². The third-order valence-corrected chi connectivity index (χ3v) is 3.63. The average Bonchev–Trinajstić information content (AvgIpc) is 3.29. The highest BCUT2D eigenvalue weighted by Crippen LogP contribution is 2.32. The lowest BCUT2D eigenvalue weighted by atomic mass is 10.4. The van der Waals surface area contributed by atoms with Gasteiger partial charge in [0.15, 0.2) is 17.3 Å². The van der Waals surface area contributed by atoms with Crippen LogP contribution < -0.4 is 0 Å². The molecule has 0 unspecified atom stereocenters. The van der Waals surface area contributed by atoms with Crippen LogP contribution in [0.5, 0.6) is 0 Å². The Labute approximate surface area is 141 Å². The van der Waals surface area contributed by atoms with Gasteiger partial charge in [-0.1, -0.05) is 6.07 Å². The van der Waals surface area contributed by atoms with Crippen LogP contribution in [0.25, 0.3) is 16.3 Å². The van der Waals surface area contributed by atoms with Crippen LogP contribution in [0, 0.1) is 20.4 Å². The van der Waals surface area contributed by atoms with Crippen molar-refractivity contribution in [2.45, 2.75) is 13.8 Å². The monoisotopic (exact) mass is 332 g/mol. The fourth-order valence-electron chi connectivity index (χ4n) is 2.41. The van der Waals surface area contributed by atoms with Gasteiger partial charge in [0.1, 0.15) is 5.82 Å². The largest absolute Gasteiger partial charge is 0.293 e. The van der Waals surface area contributed by atoms with Crippen molar-refractivity contribution in [2.75, 3.05) is 0 Å².